The van der Waals surface area contributed by atoms with Crippen LogP contribution < -0.4 is 4.74 Å². The highest BCUT2D eigenvalue weighted by Crippen LogP contribution is 2.32. The summed E-state index contributed by atoms with van der Waals surface area (Å²) >= 11 is 0. The van der Waals surface area contributed by atoms with Gasteiger partial charge in [0.1, 0.15) is 23.6 Å². The first-order valence-electron chi connectivity index (χ1n) is 10.8. The number of aromatic nitrogens is 2. The summed E-state index contributed by atoms with van der Waals surface area (Å²) < 4.78 is 49.4. The summed E-state index contributed by atoms with van der Waals surface area (Å²) in [6.45, 7) is 4.32. The van der Waals surface area contributed by atoms with Crippen molar-refractivity contribution in [3.63, 3.8) is 0 Å². The molecular weight excluding hydrogens is 447 g/mol. The summed E-state index contributed by atoms with van der Waals surface area (Å²) in [5.74, 6) is -1.41. The van der Waals surface area contributed by atoms with Crippen LogP contribution in [0, 0.1) is 31.3 Å². The minimum atomic E-state index is -0.712. The summed E-state index contributed by atoms with van der Waals surface area (Å²) in [4.78, 5) is 18.6. The number of hydrogen-bond donors (Lipinski definition) is 0. The van der Waals surface area contributed by atoms with Gasteiger partial charge in [-0.15, -0.1) is 0 Å². The Labute approximate surface area is 194 Å². The van der Waals surface area contributed by atoms with Crippen LogP contribution in [-0.2, 0) is 0 Å². The second kappa shape index (κ2) is 8.51. The first-order chi connectivity index (χ1) is 16.3. The van der Waals surface area contributed by atoms with Gasteiger partial charge in [-0.3, -0.25) is 0 Å². The number of pyridine rings is 1. The second-order valence-electron chi connectivity index (χ2n) is 8.45. The summed E-state index contributed by atoms with van der Waals surface area (Å²) in [5, 5.41) is 5.31. The first kappa shape index (κ1) is 22.0. The molecule has 0 saturated carbocycles. The molecule has 10 heteroatoms. The Morgan fingerprint density at radius 3 is 2.38 bits per heavy atom. The van der Waals surface area contributed by atoms with Crippen molar-refractivity contribution < 1.29 is 22.7 Å². The normalized spacial score (nSPS) is 17.9. The van der Waals surface area contributed by atoms with E-state index in [0.29, 0.717) is 17.8 Å². The number of halogens is 3. The van der Waals surface area contributed by atoms with Gasteiger partial charge >= 0.3 is 6.03 Å². The van der Waals surface area contributed by atoms with Crippen molar-refractivity contribution in [2.75, 3.05) is 13.1 Å². The lowest BCUT2D eigenvalue weighted by molar-refractivity contribution is 0.0256. The van der Waals surface area contributed by atoms with E-state index in [2.05, 4.69) is 10.1 Å². The van der Waals surface area contributed by atoms with Gasteiger partial charge < -0.3 is 14.2 Å². The molecular formula is C24H22F3N5O2. The van der Waals surface area contributed by atoms with E-state index in [0.717, 1.165) is 23.7 Å². The third-order valence-corrected chi connectivity index (χ3v) is 6.01. The summed E-state index contributed by atoms with van der Waals surface area (Å²) in [6, 6.07) is 7.62. The van der Waals surface area contributed by atoms with Gasteiger partial charge in [-0.1, -0.05) is 0 Å². The fourth-order valence-electron chi connectivity index (χ4n) is 4.29. The van der Waals surface area contributed by atoms with E-state index >= 15 is 0 Å². The second-order valence-corrected chi connectivity index (χ2v) is 8.45. The largest absolute Gasteiger partial charge is 0.483 e. The van der Waals surface area contributed by atoms with E-state index in [9.17, 15) is 18.0 Å². The van der Waals surface area contributed by atoms with Crippen LogP contribution in [0.1, 0.15) is 29.4 Å². The minimum Gasteiger partial charge on any atom is -0.483 e. The minimum absolute atomic E-state index is 0.0573. The van der Waals surface area contributed by atoms with Gasteiger partial charge in [0.2, 0.25) is 0 Å². The Morgan fingerprint density at radius 1 is 1.03 bits per heavy atom. The highest BCUT2D eigenvalue weighted by Gasteiger charge is 2.39. The van der Waals surface area contributed by atoms with E-state index in [1.807, 2.05) is 30.5 Å². The number of rotatable bonds is 4. The standard InChI is InChI=1S/C24H22F3N5O2/c1-14-3-4-15(2)31(14)23-10-22(20(27)11-28-23)34-19-12-30(13-19)24(33)32-21(5-6-29-32)16-7-17(25)9-18(26)8-16/h3-4,6-11,19,21H,5,12-13H2,1-2H3/t21-/m0/s1. The predicted molar refractivity (Wildman–Crippen MR) is 118 cm³/mol. The predicted octanol–water partition coefficient (Wildman–Crippen LogP) is 4.52. The Morgan fingerprint density at radius 2 is 1.71 bits per heavy atom. The molecule has 1 fully saturated rings. The Kier molecular flexibility index (Phi) is 5.51. The topological polar surface area (TPSA) is 63.0 Å². The fourth-order valence-corrected chi connectivity index (χ4v) is 4.29. The van der Waals surface area contributed by atoms with E-state index in [1.54, 1.807) is 6.07 Å². The molecule has 1 saturated heterocycles. The van der Waals surface area contributed by atoms with Gasteiger partial charge in [-0.25, -0.2) is 28.0 Å². The van der Waals surface area contributed by atoms with E-state index in [-0.39, 0.29) is 18.8 Å². The van der Waals surface area contributed by atoms with Gasteiger partial charge in [0, 0.05) is 36.2 Å². The fraction of sp³-hybridized carbons (Fsp3) is 0.292. The summed E-state index contributed by atoms with van der Waals surface area (Å²) in [5.41, 5.74) is 2.25. The summed E-state index contributed by atoms with van der Waals surface area (Å²) in [6.07, 6.45) is 2.61. The quantitative estimate of drug-likeness (QED) is 0.565. The molecule has 0 bridgehead atoms. The zero-order valence-electron chi connectivity index (χ0n) is 18.6. The Bertz CT molecular complexity index is 1250. The molecule has 1 aromatic carbocycles. The molecule has 2 aromatic heterocycles. The molecule has 0 spiro atoms. The average Bonchev–Trinajstić information content (AvgIpc) is 3.37. The van der Waals surface area contributed by atoms with Crippen LogP contribution in [0.4, 0.5) is 18.0 Å². The average molecular weight is 469 g/mol. The van der Waals surface area contributed by atoms with Crippen LogP contribution >= 0.6 is 0 Å². The maximum atomic E-state index is 14.4. The molecule has 34 heavy (non-hydrogen) atoms. The Balaban J connectivity index is 1.25. The molecule has 5 rings (SSSR count). The number of carbonyl (C=O) groups is 1. The van der Waals surface area contributed by atoms with Gasteiger partial charge in [0.15, 0.2) is 11.6 Å². The monoisotopic (exact) mass is 469 g/mol. The molecule has 0 N–H and O–H groups in total. The molecule has 2 aliphatic rings. The number of hydrazone groups is 1. The lowest BCUT2D eigenvalue weighted by atomic mass is 10.0. The number of likely N-dealkylation sites (tertiary alicyclic amines) is 1. The summed E-state index contributed by atoms with van der Waals surface area (Å²) in [7, 11) is 0. The molecule has 2 aliphatic heterocycles. The molecule has 1 atom stereocenters. The van der Waals surface area contributed by atoms with E-state index < -0.39 is 35.6 Å². The zero-order valence-corrected chi connectivity index (χ0v) is 18.6. The molecule has 3 aromatic rings. The molecule has 7 nitrogen and oxygen atoms in total. The number of amides is 2. The Hall–Kier alpha value is -3.82. The van der Waals surface area contributed by atoms with Crippen LogP contribution in [0.2, 0.25) is 0 Å². The zero-order chi connectivity index (χ0) is 24.0. The van der Waals surface area contributed by atoms with Crippen LogP contribution in [0.5, 0.6) is 5.75 Å². The van der Waals surface area contributed by atoms with Crippen molar-refractivity contribution in [1.29, 1.82) is 0 Å². The van der Waals surface area contributed by atoms with Crippen molar-refractivity contribution in [2.45, 2.75) is 32.4 Å². The third kappa shape index (κ3) is 4.00. The first-order valence-corrected chi connectivity index (χ1v) is 10.8. The van der Waals surface area contributed by atoms with Crippen molar-refractivity contribution in [2.24, 2.45) is 5.10 Å². The maximum Gasteiger partial charge on any atom is 0.341 e. The van der Waals surface area contributed by atoms with Crippen molar-refractivity contribution in [1.82, 2.24) is 19.5 Å². The van der Waals surface area contributed by atoms with Gasteiger partial charge in [0.05, 0.1) is 25.3 Å². The lowest BCUT2D eigenvalue weighted by Crippen LogP contribution is -2.58. The number of benzene rings is 1. The molecule has 0 aliphatic carbocycles. The van der Waals surface area contributed by atoms with Gasteiger partial charge in [-0.05, 0) is 43.7 Å². The van der Waals surface area contributed by atoms with Crippen molar-refractivity contribution in [3.05, 3.63) is 77.0 Å². The maximum absolute atomic E-state index is 14.4. The lowest BCUT2D eigenvalue weighted by Gasteiger charge is -2.41. The van der Waals surface area contributed by atoms with Crippen LogP contribution in [-0.4, -0.2) is 50.9 Å². The number of ether oxygens (including phenoxy) is 1. The number of carbonyl (C=O) groups excluding carboxylic acids is 1. The van der Waals surface area contributed by atoms with Gasteiger partial charge in [-0.2, -0.15) is 5.10 Å². The van der Waals surface area contributed by atoms with Gasteiger partial charge in [0.25, 0.3) is 0 Å². The van der Waals surface area contributed by atoms with Crippen LogP contribution in [0.15, 0.2) is 47.7 Å². The van der Waals surface area contributed by atoms with Crippen molar-refractivity contribution in [3.8, 4) is 11.6 Å². The van der Waals surface area contributed by atoms with Crippen LogP contribution in [0.25, 0.3) is 5.82 Å². The van der Waals surface area contributed by atoms with E-state index in [4.69, 9.17) is 4.74 Å². The van der Waals surface area contributed by atoms with E-state index in [1.165, 1.54) is 28.3 Å². The number of hydrogen-bond acceptors (Lipinski definition) is 4. The molecule has 0 radical (unpaired) electrons. The highest BCUT2D eigenvalue weighted by molar-refractivity contribution is 5.79. The number of urea groups is 1. The molecule has 2 amide bonds. The van der Waals surface area contributed by atoms with Crippen LogP contribution in [0.3, 0.4) is 0 Å². The highest BCUT2D eigenvalue weighted by atomic mass is 19.1. The van der Waals surface area contributed by atoms with Crippen molar-refractivity contribution >= 4 is 12.2 Å². The SMILES string of the molecule is Cc1ccc(C)n1-c1cc(OC2CN(C(=O)N3N=CC[C@H]3c3cc(F)cc(F)c3)C2)c(F)cn1. The molecule has 176 valence electrons. The number of aryl methyl sites for hydroxylation is 2. The smallest absolute Gasteiger partial charge is 0.341 e. The molecule has 4 heterocycles. The molecule has 0 unspecified atom stereocenters. The third-order valence-electron chi connectivity index (χ3n) is 6.01. The number of nitrogens with zero attached hydrogens (tertiary/aromatic N) is 5.